The predicted octanol–water partition coefficient (Wildman–Crippen LogP) is 6.12. The van der Waals surface area contributed by atoms with Gasteiger partial charge in [-0.1, -0.05) is 18.2 Å². The summed E-state index contributed by atoms with van der Waals surface area (Å²) in [6.45, 7) is 8.74. The van der Waals surface area contributed by atoms with Crippen molar-refractivity contribution in [3.05, 3.63) is 107 Å². The van der Waals surface area contributed by atoms with Crippen molar-refractivity contribution in [2.45, 2.75) is 46.2 Å². The molecule has 1 aliphatic heterocycles. The summed E-state index contributed by atoms with van der Waals surface area (Å²) in [5, 5.41) is 7.21. The molecule has 1 fully saturated rings. The van der Waals surface area contributed by atoms with Crippen molar-refractivity contribution in [3.8, 4) is 11.4 Å². The highest BCUT2D eigenvalue weighted by Gasteiger charge is 2.41. The summed E-state index contributed by atoms with van der Waals surface area (Å²) in [5.41, 5.74) is 8.33. The van der Waals surface area contributed by atoms with E-state index in [2.05, 4.69) is 57.1 Å². The summed E-state index contributed by atoms with van der Waals surface area (Å²) in [7, 11) is 1.67. The van der Waals surface area contributed by atoms with Gasteiger partial charge in [0.2, 0.25) is 5.91 Å². The highest BCUT2D eigenvalue weighted by atomic mass is 32.1. The summed E-state index contributed by atoms with van der Waals surface area (Å²) >= 11 is 5.85. The molecule has 2 N–H and O–H groups in total. The number of ether oxygens (including phenoxy) is 1. The maximum Gasteiger partial charge on any atom is 0.226 e. The molecule has 0 saturated carbocycles. The van der Waals surface area contributed by atoms with Gasteiger partial charge < -0.3 is 24.8 Å². The van der Waals surface area contributed by atoms with Crippen molar-refractivity contribution in [1.29, 1.82) is 0 Å². The van der Waals surface area contributed by atoms with Crippen LogP contribution in [0.25, 0.3) is 5.69 Å². The van der Waals surface area contributed by atoms with E-state index in [1.165, 1.54) is 0 Å². The number of nitrogens with zero attached hydrogens (tertiary/aromatic N) is 3. The molecule has 7 nitrogen and oxygen atoms in total. The lowest BCUT2D eigenvalue weighted by Gasteiger charge is -2.28. The molecule has 3 heterocycles. The second-order valence-electron chi connectivity index (χ2n) is 10.3. The number of thiocarbonyl (C=S) groups is 1. The lowest BCUT2D eigenvalue weighted by Crippen LogP contribution is -2.33. The lowest BCUT2D eigenvalue weighted by molar-refractivity contribution is -0.116. The van der Waals surface area contributed by atoms with E-state index in [0.717, 1.165) is 50.9 Å². The van der Waals surface area contributed by atoms with Gasteiger partial charge in [0.15, 0.2) is 5.11 Å². The first-order valence-electron chi connectivity index (χ1n) is 13.4. The average molecular weight is 554 g/mol. The number of aryl methyl sites for hydroxylation is 3. The molecule has 206 valence electrons. The van der Waals surface area contributed by atoms with Gasteiger partial charge in [0.25, 0.3) is 0 Å². The number of carbonyl (C=O) groups is 1. The van der Waals surface area contributed by atoms with Crippen LogP contribution in [0.4, 0.5) is 5.69 Å². The Labute approximate surface area is 241 Å². The second-order valence-corrected chi connectivity index (χ2v) is 10.7. The molecular weight excluding hydrogens is 518 g/mol. The third-order valence-corrected chi connectivity index (χ3v) is 7.92. The number of hydrogen-bond donors (Lipinski definition) is 2. The Morgan fingerprint density at radius 1 is 1.05 bits per heavy atom. The van der Waals surface area contributed by atoms with Gasteiger partial charge in [-0.2, -0.15) is 0 Å². The Morgan fingerprint density at radius 2 is 1.82 bits per heavy atom. The molecule has 0 unspecified atom stereocenters. The van der Waals surface area contributed by atoms with Crippen LogP contribution < -0.4 is 15.4 Å². The number of anilines is 1. The summed E-state index contributed by atoms with van der Waals surface area (Å²) in [6, 6.07) is 22.0. The minimum absolute atomic E-state index is 0.0414. The Bertz CT molecular complexity index is 1530. The molecule has 0 bridgehead atoms. The molecular formula is C32H35N5O2S. The summed E-state index contributed by atoms with van der Waals surface area (Å²) in [6.07, 6.45) is 2.11. The zero-order chi connectivity index (χ0) is 28.4. The molecule has 0 aliphatic carbocycles. The Kier molecular flexibility index (Phi) is 7.89. The van der Waals surface area contributed by atoms with Crippen LogP contribution >= 0.6 is 12.2 Å². The van der Waals surface area contributed by atoms with Crippen molar-refractivity contribution < 1.29 is 9.53 Å². The van der Waals surface area contributed by atoms with Crippen LogP contribution in [-0.2, 0) is 4.79 Å². The first kappa shape index (κ1) is 27.4. The molecule has 2 atom stereocenters. The normalized spacial score (nSPS) is 16.6. The zero-order valence-corrected chi connectivity index (χ0v) is 24.4. The van der Waals surface area contributed by atoms with Crippen LogP contribution in [0.5, 0.6) is 5.75 Å². The minimum Gasteiger partial charge on any atom is -0.497 e. The van der Waals surface area contributed by atoms with Crippen LogP contribution in [-0.4, -0.2) is 39.1 Å². The molecule has 4 aromatic rings. The monoisotopic (exact) mass is 553 g/mol. The van der Waals surface area contributed by atoms with Crippen LogP contribution in [0.15, 0.2) is 72.9 Å². The molecule has 1 amide bonds. The molecule has 2 aromatic heterocycles. The van der Waals surface area contributed by atoms with Crippen molar-refractivity contribution in [1.82, 2.24) is 19.8 Å². The van der Waals surface area contributed by atoms with Crippen LogP contribution in [0.3, 0.4) is 0 Å². The maximum absolute atomic E-state index is 13.1. The average Bonchev–Trinajstić information content (AvgIpc) is 3.44. The molecule has 1 aliphatic rings. The number of aromatic nitrogens is 2. The van der Waals surface area contributed by atoms with E-state index in [-0.39, 0.29) is 18.0 Å². The summed E-state index contributed by atoms with van der Waals surface area (Å²) in [4.78, 5) is 19.9. The van der Waals surface area contributed by atoms with Gasteiger partial charge in [-0.15, -0.1) is 0 Å². The molecule has 0 radical (unpaired) electrons. The fraction of sp³-hybridized carbons (Fsp3) is 0.281. The number of rotatable bonds is 8. The molecule has 2 aromatic carbocycles. The first-order valence-corrected chi connectivity index (χ1v) is 13.9. The number of hydrogen-bond acceptors (Lipinski definition) is 4. The van der Waals surface area contributed by atoms with E-state index < -0.39 is 0 Å². The number of amides is 1. The smallest absolute Gasteiger partial charge is 0.226 e. The predicted molar refractivity (Wildman–Crippen MR) is 163 cm³/mol. The Morgan fingerprint density at radius 3 is 2.52 bits per heavy atom. The minimum atomic E-state index is -0.152. The van der Waals surface area contributed by atoms with Crippen molar-refractivity contribution in [2.75, 3.05) is 19.0 Å². The number of carbonyl (C=O) groups excluding carboxylic acids is 1. The summed E-state index contributed by atoms with van der Waals surface area (Å²) < 4.78 is 7.61. The van der Waals surface area contributed by atoms with E-state index in [9.17, 15) is 4.79 Å². The number of methoxy groups -OCH3 is 1. The fourth-order valence-electron chi connectivity index (χ4n) is 5.51. The Balaban J connectivity index is 1.46. The lowest BCUT2D eigenvalue weighted by atomic mass is 9.96. The number of benzene rings is 2. The van der Waals surface area contributed by atoms with Gasteiger partial charge in [-0.05, 0) is 105 Å². The maximum atomic E-state index is 13.1. The van der Waals surface area contributed by atoms with Crippen LogP contribution in [0.2, 0.25) is 0 Å². The third kappa shape index (κ3) is 5.45. The summed E-state index contributed by atoms with van der Waals surface area (Å²) in [5.74, 6) is 0.776. The zero-order valence-electron chi connectivity index (χ0n) is 23.6. The standard InChI is InChI=1S/C32H35N5O2S/c1-20-9-10-21(2)28(18-20)34-29(38)15-17-36-31(30(35-32(36)40)27-8-6-7-16-33-27)26-19-22(3)37(23(26)4)24-11-13-25(39-5)14-12-24/h6-14,16,18-19,30-31H,15,17H2,1-5H3,(H,34,38)(H,35,40)/t30-,31-/m1/s1. The van der Waals surface area contributed by atoms with E-state index >= 15 is 0 Å². The SMILES string of the molecule is COc1ccc(-n2c(C)cc([C@@H]3[C@@H](c4ccccn4)NC(=S)N3CCC(=O)Nc3cc(C)ccc3C)c2C)cc1. The van der Waals surface area contributed by atoms with E-state index in [1.54, 1.807) is 13.3 Å². The van der Waals surface area contributed by atoms with Gasteiger partial charge in [-0.25, -0.2) is 0 Å². The number of pyridine rings is 1. The number of nitrogens with one attached hydrogen (secondary N) is 2. The highest BCUT2D eigenvalue weighted by Crippen LogP contribution is 2.41. The van der Waals surface area contributed by atoms with E-state index in [1.807, 2.05) is 62.4 Å². The second kappa shape index (κ2) is 11.5. The molecule has 0 spiro atoms. The van der Waals surface area contributed by atoms with Crippen molar-refractivity contribution in [3.63, 3.8) is 0 Å². The van der Waals surface area contributed by atoms with Gasteiger partial charge in [0.05, 0.1) is 24.9 Å². The highest BCUT2D eigenvalue weighted by molar-refractivity contribution is 7.80. The largest absolute Gasteiger partial charge is 0.497 e. The van der Waals surface area contributed by atoms with Crippen LogP contribution in [0.1, 0.15) is 52.3 Å². The van der Waals surface area contributed by atoms with Crippen molar-refractivity contribution >= 4 is 28.9 Å². The van der Waals surface area contributed by atoms with Crippen molar-refractivity contribution in [2.24, 2.45) is 0 Å². The molecule has 40 heavy (non-hydrogen) atoms. The van der Waals surface area contributed by atoms with Crippen LogP contribution in [0, 0.1) is 27.7 Å². The molecule has 5 rings (SSSR count). The third-order valence-electron chi connectivity index (χ3n) is 7.56. The fourth-order valence-corrected chi connectivity index (χ4v) is 5.84. The Hall–Kier alpha value is -4.17. The topological polar surface area (TPSA) is 71.4 Å². The van der Waals surface area contributed by atoms with Gasteiger partial charge in [0.1, 0.15) is 5.75 Å². The van der Waals surface area contributed by atoms with Gasteiger partial charge in [-0.3, -0.25) is 9.78 Å². The van der Waals surface area contributed by atoms with E-state index in [4.69, 9.17) is 17.0 Å². The molecule has 1 saturated heterocycles. The van der Waals surface area contributed by atoms with Gasteiger partial charge in [0, 0.05) is 41.9 Å². The molecule has 8 heteroatoms. The quantitative estimate of drug-likeness (QED) is 0.256. The first-order chi connectivity index (χ1) is 19.3. The van der Waals surface area contributed by atoms with E-state index in [0.29, 0.717) is 18.1 Å². The van der Waals surface area contributed by atoms with Gasteiger partial charge >= 0.3 is 0 Å².